The predicted octanol–water partition coefficient (Wildman–Crippen LogP) is 0.995. The molecule has 0 aliphatic carbocycles. The van der Waals surface area contributed by atoms with Gasteiger partial charge in [0.25, 0.3) is 10.0 Å². The molecule has 0 radical (unpaired) electrons. The van der Waals surface area contributed by atoms with Crippen LogP contribution in [0, 0.1) is 5.41 Å². The molecule has 1 fully saturated rings. The highest BCUT2D eigenvalue weighted by Gasteiger charge is 2.37. The van der Waals surface area contributed by atoms with Crippen LogP contribution in [0.2, 0.25) is 0 Å². The first-order chi connectivity index (χ1) is 8.35. The maximum atomic E-state index is 12.3. The summed E-state index contributed by atoms with van der Waals surface area (Å²) < 4.78 is 26.1. The van der Waals surface area contributed by atoms with Crippen LogP contribution in [0.3, 0.4) is 0 Å². The zero-order chi connectivity index (χ0) is 13.4. The van der Waals surface area contributed by atoms with Crippen molar-refractivity contribution in [1.29, 1.82) is 0 Å². The van der Waals surface area contributed by atoms with E-state index in [1.807, 2.05) is 0 Å². The Labute approximate surface area is 108 Å². The van der Waals surface area contributed by atoms with Gasteiger partial charge in [0.05, 0.1) is 6.61 Å². The molecule has 1 aromatic rings. The van der Waals surface area contributed by atoms with E-state index in [0.717, 1.165) is 6.42 Å². The summed E-state index contributed by atoms with van der Waals surface area (Å²) in [6.07, 6.45) is 2.26. The van der Waals surface area contributed by atoms with Crippen molar-refractivity contribution < 1.29 is 13.5 Å². The first-order valence-electron chi connectivity index (χ1n) is 5.91. The van der Waals surface area contributed by atoms with E-state index >= 15 is 0 Å². The molecule has 0 bridgehead atoms. The average Bonchev–Trinajstić information content (AvgIpc) is 2.70. The molecule has 100 valence electrons. The number of rotatable bonds is 3. The molecular formula is C12H18N2O3S. The van der Waals surface area contributed by atoms with Gasteiger partial charge in [-0.15, -0.1) is 0 Å². The molecule has 2 heterocycles. The van der Waals surface area contributed by atoms with Crippen molar-refractivity contribution >= 4 is 10.0 Å². The van der Waals surface area contributed by atoms with Crippen molar-refractivity contribution in [2.75, 3.05) is 13.1 Å². The third-order valence-electron chi connectivity index (χ3n) is 3.23. The number of aliphatic hydroxyl groups is 1. The van der Waals surface area contributed by atoms with Crippen LogP contribution in [-0.2, 0) is 16.6 Å². The predicted molar refractivity (Wildman–Crippen MR) is 67.3 cm³/mol. The maximum absolute atomic E-state index is 12.3. The van der Waals surface area contributed by atoms with Crippen LogP contribution >= 0.6 is 0 Å². The maximum Gasteiger partial charge on any atom is 0.260 e. The Hall–Kier alpha value is -0.980. The molecule has 1 N–H and O–H groups in total. The van der Waals surface area contributed by atoms with Crippen LogP contribution in [0.5, 0.6) is 0 Å². The number of aliphatic hydroxyl groups excluding tert-OH is 1. The third kappa shape index (κ3) is 2.55. The molecular weight excluding hydrogens is 252 g/mol. The lowest BCUT2D eigenvalue weighted by atomic mass is 9.93. The highest BCUT2D eigenvalue weighted by atomic mass is 32.2. The second-order valence-electron chi connectivity index (χ2n) is 5.42. The van der Waals surface area contributed by atoms with E-state index in [2.05, 4.69) is 18.8 Å². The molecule has 1 aliphatic heterocycles. The second-order valence-corrected chi connectivity index (χ2v) is 7.30. The molecule has 18 heavy (non-hydrogen) atoms. The Kier molecular flexibility index (Phi) is 3.44. The van der Waals surface area contributed by atoms with Crippen molar-refractivity contribution in [2.45, 2.75) is 31.9 Å². The summed E-state index contributed by atoms with van der Waals surface area (Å²) >= 11 is 0. The first kappa shape index (κ1) is 13.5. The molecule has 0 saturated carbocycles. The number of nitrogens with zero attached hydrogens (tertiary/aromatic N) is 2. The highest BCUT2D eigenvalue weighted by Crippen LogP contribution is 2.32. The monoisotopic (exact) mass is 270 g/mol. The van der Waals surface area contributed by atoms with Gasteiger partial charge in [-0.2, -0.15) is 4.31 Å². The van der Waals surface area contributed by atoms with Gasteiger partial charge in [0.1, 0.15) is 0 Å². The lowest BCUT2D eigenvalue weighted by Crippen LogP contribution is -2.31. The summed E-state index contributed by atoms with van der Waals surface area (Å²) in [6.45, 7) is 5.05. The standard InChI is InChI=1S/C12H18N2O3S/c1-12(2)5-6-14(9-12)18(16,17)11-4-3-10(8-15)7-13-11/h3-4,7,15H,5-6,8-9H2,1-2H3. The summed E-state index contributed by atoms with van der Waals surface area (Å²) in [5.41, 5.74) is 0.633. The minimum Gasteiger partial charge on any atom is -0.392 e. The molecule has 5 nitrogen and oxygen atoms in total. The fourth-order valence-corrected chi connectivity index (χ4v) is 3.60. The van der Waals surface area contributed by atoms with Gasteiger partial charge in [-0.1, -0.05) is 19.9 Å². The van der Waals surface area contributed by atoms with Crippen molar-refractivity contribution in [2.24, 2.45) is 5.41 Å². The SMILES string of the molecule is CC1(C)CCN(S(=O)(=O)c2ccc(CO)cn2)C1. The summed E-state index contributed by atoms with van der Waals surface area (Å²) in [7, 11) is -3.49. The van der Waals surface area contributed by atoms with Crippen LogP contribution in [0.4, 0.5) is 0 Å². The van der Waals surface area contributed by atoms with Gasteiger partial charge in [-0.05, 0) is 23.5 Å². The summed E-state index contributed by atoms with van der Waals surface area (Å²) in [4.78, 5) is 3.92. The van der Waals surface area contributed by atoms with E-state index in [0.29, 0.717) is 18.7 Å². The smallest absolute Gasteiger partial charge is 0.260 e. The number of aromatic nitrogens is 1. The van der Waals surface area contributed by atoms with Crippen LogP contribution in [-0.4, -0.2) is 35.9 Å². The van der Waals surface area contributed by atoms with E-state index in [9.17, 15) is 8.42 Å². The lowest BCUT2D eigenvalue weighted by Gasteiger charge is -2.19. The van der Waals surface area contributed by atoms with Crippen LogP contribution < -0.4 is 0 Å². The fourth-order valence-electron chi connectivity index (χ4n) is 2.06. The first-order valence-corrected chi connectivity index (χ1v) is 7.35. The van der Waals surface area contributed by atoms with Crippen LogP contribution in [0.15, 0.2) is 23.4 Å². The van der Waals surface area contributed by atoms with Gasteiger partial charge < -0.3 is 5.11 Å². The molecule has 1 saturated heterocycles. The van der Waals surface area contributed by atoms with Gasteiger partial charge in [-0.3, -0.25) is 0 Å². The van der Waals surface area contributed by atoms with Gasteiger partial charge >= 0.3 is 0 Å². The van der Waals surface area contributed by atoms with Gasteiger partial charge in [0.15, 0.2) is 5.03 Å². The van der Waals surface area contributed by atoms with Crippen LogP contribution in [0.1, 0.15) is 25.8 Å². The second kappa shape index (κ2) is 4.60. The fraction of sp³-hybridized carbons (Fsp3) is 0.583. The number of sulfonamides is 1. The van der Waals surface area contributed by atoms with Gasteiger partial charge in [0, 0.05) is 19.3 Å². The van der Waals surface area contributed by atoms with Gasteiger partial charge in [-0.25, -0.2) is 13.4 Å². The molecule has 0 amide bonds. The zero-order valence-electron chi connectivity index (χ0n) is 10.6. The molecule has 0 unspecified atom stereocenters. The topological polar surface area (TPSA) is 70.5 Å². The quantitative estimate of drug-likeness (QED) is 0.889. The normalized spacial score (nSPS) is 20.2. The summed E-state index contributed by atoms with van der Waals surface area (Å²) in [5.74, 6) is 0. The van der Waals surface area contributed by atoms with Crippen molar-refractivity contribution in [1.82, 2.24) is 9.29 Å². The van der Waals surface area contributed by atoms with E-state index in [-0.39, 0.29) is 17.0 Å². The summed E-state index contributed by atoms with van der Waals surface area (Å²) in [6, 6.07) is 3.04. The van der Waals surface area contributed by atoms with E-state index < -0.39 is 10.0 Å². The molecule has 6 heteroatoms. The average molecular weight is 270 g/mol. The Morgan fingerprint density at radius 1 is 1.44 bits per heavy atom. The van der Waals surface area contributed by atoms with Crippen molar-refractivity contribution in [3.8, 4) is 0 Å². The van der Waals surface area contributed by atoms with Crippen molar-refractivity contribution in [3.63, 3.8) is 0 Å². The third-order valence-corrected chi connectivity index (χ3v) is 4.99. The lowest BCUT2D eigenvalue weighted by molar-refractivity contribution is 0.281. The van der Waals surface area contributed by atoms with E-state index in [1.54, 1.807) is 6.07 Å². The molecule has 0 atom stereocenters. The number of hydrogen-bond donors (Lipinski definition) is 1. The largest absolute Gasteiger partial charge is 0.392 e. The Morgan fingerprint density at radius 2 is 2.17 bits per heavy atom. The minimum absolute atomic E-state index is 0.0259. The molecule has 1 aromatic heterocycles. The molecule has 0 aromatic carbocycles. The highest BCUT2D eigenvalue weighted by molar-refractivity contribution is 7.89. The number of pyridine rings is 1. The molecule has 2 rings (SSSR count). The minimum atomic E-state index is -3.49. The molecule has 0 spiro atoms. The van der Waals surface area contributed by atoms with Crippen LogP contribution in [0.25, 0.3) is 0 Å². The van der Waals surface area contributed by atoms with E-state index in [4.69, 9.17) is 5.11 Å². The Morgan fingerprint density at radius 3 is 2.61 bits per heavy atom. The molecule has 1 aliphatic rings. The van der Waals surface area contributed by atoms with Gasteiger partial charge in [0.2, 0.25) is 0 Å². The van der Waals surface area contributed by atoms with E-state index in [1.165, 1.54) is 16.6 Å². The summed E-state index contributed by atoms with van der Waals surface area (Å²) in [5, 5.41) is 8.96. The Balaban J connectivity index is 2.25. The number of hydrogen-bond acceptors (Lipinski definition) is 4. The zero-order valence-corrected chi connectivity index (χ0v) is 11.4. The van der Waals surface area contributed by atoms with Crippen molar-refractivity contribution in [3.05, 3.63) is 23.9 Å². The Bertz CT molecular complexity index is 523.